The smallest absolute Gasteiger partial charge is 0.257 e. The molecule has 0 aliphatic carbocycles. The van der Waals surface area contributed by atoms with Crippen molar-refractivity contribution in [1.82, 2.24) is 5.32 Å². The maximum absolute atomic E-state index is 13.6. The summed E-state index contributed by atoms with van der Waals surface area (Å²) >= 11 is 0. The molecule has 2 aromatic carbocycles. The fraction of sp³-hybridized carbons (Fsp3) is 0.0909. The number of rotatable bonds is 4. The van der Waals surface area contributed by atoms with Gasteiger partial charge in [-0.05, 0) is 55.0 Å². The van der Waals surface area contributed by atoms with Gasteiger partial charge in [0.15, 0.2) is 0 Å². The molecule has 0 saturated carbocycles. The van der Waals surface area contributed by atoms with Crippen LogP contribution in [0, 0.1) is 12.7 Å². The average Bonchev–Trinajstić information content (AvgIpc) is 3.22. The second-order valence-corrected chi connectivity index (χ2v) is 6.31. The molecule has 0 atom stereocenters. The standard InChI is InChI=1S/C22H17FN2O3/c1-14-11-16(8-9-19(14)23)25-22-18(12-15-5-2-3-7-20(15)28-22)21(26)24-13-17-6-4-10-27-17/h2-12H,13H2,1H3,(H,24,26). The van der Waals surface area contributed by atoms with Crippen LogP contribution in [0.1, 0.15) is 21.7 Å². The molecule has 1 amide bonds. The molecule has 0 aliphatic rings. The fourth-order valence-electron chi connectivity index (χ4n) is 2.81. The van der Waals surface area contributed by atoms with Crippen molar-refractivity contribution >= 4 is 22.6 Å². The van der Waals surface area contributed by atoms with Gasteiger partial charge in [-0.3, -0.25) is 4.79 Å². The van der Waals surface area contributed by atoms with Gasteiger partial charge in [-0.25, -0.2) is 9.38 Å². The fourth-order valence-corrected chi connectivity index (χ4v) is 2.81. The summed E-state index contributed by atoms with van der Waals surface area (Å²) in [5, 5.41) is 3.58. The Morgan fingerprint density at radius 2 is 1.96 bits per heavy atom. The highest BCUT2D eigenvalue weighted by molar-refractivity contribution is 5.96. The number of nitrogens with zero attached hydrogens (tertiary/aromatic N) is 1. The van der Waals surface area contributed by atoms with Gasteiger partial charge in [0.2, 0.25) is 5.55 Å². The van der Waals surface area contributed by atoms with Gasteiger partial charge in [0.1, 0.15) is 22.7 Å². The first-order valence-electron chi connectivity index (χ1n) is 8.74. The second kappa shape index (κ2) is 7.52. The van der Waals surface area contributed by atoms with Crippen LogP contribution < -0.4 is 10.9 Å². The molecular formula is C22H17FN2O3. The van der Waals surface area contributed by atoms with Gasteiger partial charge in [0, 0.05) is 5.39 Å². The Balaban J connectivity index is 1.78. The SMILES string of the molecule is Cc1cc(N=c2oc3ccccc3cc2C(=O)NCc2ccco2)ccc1F. The first-order chi connectivity index (χ1) is 13.6. The van der Waals surface area contributed by atoms with E-state index in [9.17, 15) is 9.18 Å². The third-order valence-electron chi connectivity index (χ3n) is 4.28. The van der Waals surface area contributed by atoms with Crippen LogP contribution in [-0.2, 0) is 6.54 Å². The summed E-state index contributed by atoms with van der Waals surface area (Å²) in [7, 11) is 0. The molecule has 0 saturated heterocycles. The molecule has 4 aromatic rings. The molecule has 4 rings (SSSR count). The molecule has 0 fully saturated rings. The largest absolute Gasteiger partial charge is 0.467 e. The number of halogens is 1. The quantitative estimate of drug-likeness (QED) is 0.564. The Labute approximate surface area is 160 Å². The summed E-state index contributed by atoms with van der Waals surface area (Å²) in [5.74, 6) is -0.0203. The second-order valence-electron chi connectivity index (χ2n) is 6.31. The van der Waals surface area contributed by atoms with Crippen LogP contribution in [0.4, 0.5) is 10.1 Å². The molecule has 140 valence electrons. The van der Waals surface area contributed by atoms with Gasteiger partial charge in [-0.15, -0.1) is 0 Å². The number of carbonyl (C=O) groups is 1. The van der Waals surface area contributed by atoms with Gasteiger partial charge in [-0.1, -0.05) is 18.2 Å². The topological polar surface area (TPSA) is 67.7 Å². The molecule has 0 radical (unpaired) electrons. The van der Waals surface area contributed by atoms with Crippen LogP contribution in [0.2, 0.25) is 0 Å². The number of benzene rings is 2. The van der Waals surface area contributed by atoms with E-state index in [4.69, 9.17) is 8.83 Å². The maximum atomic E-state index is 13.6. The van der Waals surface area contributed by atoms with Crippen molar-refractivity contribution in [2.45, 2.75) is 13.5 Å². The molecule has 6 heteroatoms. The molecule has 0 spiro atoms. The number of carbonyl (C=O) groups excluding carboxylic acids is 1. The van der Waals surface area contributed by atoms with Crippen LogP contribution >= 0.6 is 0 Å². The first kappa shape index (κ1) is 17.7. The van der Waals surface area contributed by atoms with Gasteiger partial charge in [0.05, 0.1) is 18.5 Å². The molecule has 2 aromatic heterocycles. The Hall–Kier alpha value is -3.67. The lowest BCUT2D eigenvalue weighted by atomic mass is 10.1. The van der Waals surface area contributed by atoms with E-state index in [2.05, 4.69) is 10.3 Å². The number of fused-ring (bicyclic) bond motifs is 1. The predicted octanol–water partition coefficient (Wildman–Crippen LogP) is 4.64. The number of hydrogen-bond acceptors (Lipinski definition) is 4. The maximum Gasteiger partial charge on any atom is 0.257 e. The normalized spacial score (nSPS) is 11.7. The van der Waals surface area contributed by atoms with Crippen LogP contribution in [0.3, 0.4) is 0 Å². The highest BCUT2D eigenvalue weighted by atomic mass is 19.1. The number of amides is 1. The zero-order valence-corrected chi connectivity index (χ0v) is 15.1. The van der Waals surface area contributed by atoms with Crippen LogP contribution in [-0.4, -0.2) is 5.91 Å². The van der Waals surface area contributed by atoms with E-state index in [1.54, 1.807) is 43.5 Å². The van der Waals surface area contributed by atoms with E-state index in [-0.39, 0.29) is 29.4 Å². The third kappa shape index (κ3) is 3.71. The molecule has 0 bridgehead atoms. The molecule has 1 N–H and O–H groups in total. The number of aryl methyl sites for hydroxylation is 1. The van der Waals surface area contributed by atoms with E-state index in [0.29, 0.717) is 22.6 Å². The summed E-state index contributed by atoms with van der Waals surface area (Å²) < 4.78 is 24.7. The molecule has 0 unspecified atom stereocenters. The molecule has 28 heavy (non-hydrogen) atoms. The van der Waals surface area contributed by atoms with Gasteiger partial charge < -0.3 is 14.2 Å². The van der Waals surface area contributed by atoms with E-state index >= 15 is 0 Å². The molecule has 0 aliphatic heterocycles. The van der Waals surface area contributed by atoms with Crippen molar-refractivity contribution in [1.29, 1.82) is 0 Å². The minimum Gasteiger partial charge on any atom is -0.467 e. The summed E-state index contributed by atoms with van der Waals surface area (Å²) in [6.45, 7) is 1.90. The van der Waals surface area contributed by atoms with Crippen molar-refractivity contribution in [3.05, 3.63) is 95.2 Å². The monoisotopic (exact) mass is 376 g/mol. The van der Waals surface area contributed by atoms with Gasteiger partial charge in [-0.2, -0.15) is 0 Å². The Morgan fingerprint density at radius 1 is 1.11 bits per heavy atom. The predicted molar refractivity (Wildman–Crippen MR) is 102 cm³/mol. The Bertz CT molecular complexity index is 1210. The number of para-hydroxylation sites is 1. The van der Waals surface area contributed by atoms with Crippen molar-refractivity contribution in [2.75, 3.05) is 0 Å². The van der Waals surface area contributed by atoms with E-state index in [0.717, 1.165) is 5.39 Å². The Morgan fingerprint density at radius 3 is 2.75 bits per heavy atom. The lowest BCUT2D eigenvalue weighted by Crippen LogP contribution is -2.28. The summed E-state index contributed by atoms with van der Waals surface area (Å²) in [6, 6.07) is 17.1. The van der Waals surface area contributed by atoms with Crippen LogP contribution in [0.25, 0.3) is 11.0 Å². The van der Waals surface area contributed by atoms with E-state index < -0.39 is 0 Å². The van der Waals surface area contributed by atoms with Crippen molar-refractivity contribution < 1.29 is 18.0 Å². The average molecular weight is 376 g/mol. The van der Waals surface area contributed by atoms with Gasteiger partial charge in [0.25, 0.3) is 5.91 Å². The highest BCUT2D eigenvalue weighted by Crippen LogP contribution is 2.18. The number of nitrogens with one attached hydrogen (secondary N) is 1. The first-order valence-corrected chi connectivity index (χ1v) is 8.74. The van der Waals surface area contributed by atoms with E-state index in [1.165, 1.54) is 12.1 Å². The van der Waals surface area contributed by atoms with Crippen molar-refractivity contribution in [3.63, 3.8) is 0 Å². The molecule has 5 nitrogen and oxygen atoms in total. The number of furan rings is 1. The zero-order chi connectivity index (χ0) is 19.5. The summed E-state index contributed by atoms with van der Waals surface area (Å²) in [4.78, 5) is 17.2. The minimum absolute atomic E-state index is 0.154. The lowest BCUT2D eigenvalue weighted by molar-refractivity contribution is 0.0944. The van der Waals surface area contributed by atoms with E-state index in [1.807, 2.05) is 18.2 Å². The molecule has 2 heterocycles. The van der Waals surface area contributed by atoms with Crippen molar-refractivity contribution in [3.8, 4) is 0 Å². The lowest BCUT2D eigenvalue weighted by Gasteiger charge is -2.06. The van der Waals surface area contributed by atoms with Crippen molar-refractivity contribution in [2.24, 2.45) is 4.99 Å². The number of hydrogen-bond donors (Lipinski definition) is 1. The highest BCUT2D eigenvalue weighted by Gasteiger charge is 2.13. The minimum atomic E-state index is -0.344. The summed E-state index contributed by atoms with van der Waals surface area (Å²) in [6.07, 6.45) is 1.55. The molecular weight excluding hydrogens is 359 g/mol. The van der Waals surface area contributed by atoms with Crippen LogP contribution in [0.15, 0.2) is 80.8 Å². The Kier molecular flexibility index (Phi) is 4.76. The van der Waals surface area contributed by atoms with Gasteiger partial charge >= 0.3 is 0 Å². The third-order valence-corrected chi connectivity index (χ3v) is 4.28. The van der Waals surface area contributed by atoms with Crippen LogP contribution in [0.5, 0.6) is 0 Å². The summed E-state index contributed by atoms with van der Waals surface area (Å²) in [5.41, 5.74) is 2.00. The zero-order valence-electron chi connectivity index (χ0n) is 15.1.